The number of anilines is 2. The van der Waals surface area contributed by atoms with Gasteiger partial charge in [0.15, 0.2) is 0 Å². The Morgan fingerprint density at radius 1 is 1.19 bits per heavy atom. The maximum atomic E-state index is 11.3. The van der Waals surface area contributed by atoms with Crippen LogP contribution in [0.25, 0.3) is 0 Å². The molecule has 0 saturated carbocycles. The van der Waals surface area contributed by atoms with Crippen molar-refractivity contribution >= 4 is 28.9 Å². The summed E-state index contributed by atoms with van der Waals surface area (Å²) < 4.78 is 5.55. The molecule has 5 N–H and O–H groups in total. The highest BCUT2D eigenvalue weighted by atomic mass is 35.5. The molecule has 110 valence electrons. The highest BCUT2D eigenvalue weighted by molar-refractivity contribution is 6.31. The number of hydrogen-bond donors (Lipinski definition) is 3. The third kappa shape index (κ3) is 4.29. The van der Waals surface area contributed by atoms with Crippen molar-refractivity contribution in [2.24, 2.45) is 5.73 Å². The Kier molecular flexibility index (Phi) is 4.90. The van der Waals surface area contributed by atoms with E-state index in [-0.39, 0.29) is 0 Å². The van der Waals surface area contributed by atoms with Crippen LogP contribution in [0.5, 0.6) is 5.75 Å². The van der Waals surface area contributed by atoms with Crippen LogP contribution in [0.2, 0.25) is 5.02 Å². The third-order valence-corrected chi connectivity index (χ3v) is 3.05. The van der Waals surface area contributed by atoms with Gasteiger partial charge in [-0.05, 0) is 42.5 Å². The molecule has 2 aromatic rings. The third-order valence-electron chi connectivity index (χ3n) is 2.81. The summed E-state index contributed by atoms with van der Waals surface area (Å²) in [4.78, 5) is 11.3. The minimum Gasteiger partial charge on any atom is -0.492 e. The molecule has 0 unspecified atom stereocenters. The fraction of sp³-hybridized carbons (Fsp3) is 0.133. The van der Waals surface area contributed by atoms with Crippen LogP contribution in [0.15, 0.2) is 42.5 Å². The van der Waals surface area contributed by atoms with Crippen molar-refractivity contribution in [1.29, 1.82) is 0 Å². The SMILES string of the molecule is NC(=O)c1ccc(Cl)cc1NCCOc1ccc(N)cc1. The van der Waals surface area contributed by atoms with Crippen LogP contribution in [-0.4, -0.2) is 19.1 Å². The number of nitrogens with two attached hydrogens (primary N) is 2. The van der Waals surface area contributed by atoms with Gasteiger partial charge in [0.2, 0.25) is 0 Å². The number of carbonyl (C=O) groups excluding carboxylic acids is 1. The fourth-order valence-electron chi connectivity index (χ4n) is 1.80. The van der Waals surface area contributed by atoms with Gasteiger partial charge < -0.3 is 21.5 Å². The maximum absolute atomic E-state index is 11.3. The lowest BCUT2D eigenvalue weighted by Crippen LogP contribution is -2.17. The number of carbonyl (C=O) groups is 1. The molecule has 0 saturated heterocycles. The van der Waals surface area contributed by atoms with Crippen LogP contribution >= 0.6 is 11.6 Å². The summed E-state index contributed by atoms with van der Waals surface area (Å²) in [5, 5.41) is 3.61. The van der Waals surface area contributed by atoms with E-state index in [1.165, 1.54) is 0 Å². The molecule has 0 spiro atoms. The molecule has 0 radical (unpaired) electrons. The summed E-state index contributed by atoms with van der Waals surface area (Å²) >= 11 is 5.91. The van der Waals surface area contributed by atoms with E-state index >= 15 is 0 Å². The predicted molar refractivity (Wildman–Crippen MR) is 84.8 cm³/mol. The molecular weight excluding hydrogens is 290 g/mol. The standard InChI is InChI=1S/C15H16ClN3O2/c16-10-1-6-13(15(18)20)14(9-10)19-7-8-21-12-4-2-11(17)3-5-12/h1-6,9,19H,7-8,17H2,(H2,18,20). The molecular formula is C15H16ClN3O2. The number of nitrogen functional groups attached to an aromatic ring is 1. The maximum Gasteiger partial charge on any atom is 0.250 e. The normalized spacial score (nSPS) is 10.1. The van der Waals surface area contributed by atoms with Crippen molar-refractivity contribution in [2.75, 3.05) is 24.2 Å². The molecule has 2 rings (SSSR count). The second kappa shape index (κ2) is 6.85. The van der Waals surface area contributed by atoms with Gasteiger partial charge in [-0.1, -0.05) is 11.6 Å². The lowest BCUT2D eigenvalue weighted by molar-refractivity contribution is 0.100. The highest BCUT2D eigenvalue weighted by Gasteiger charge is 2.08. The average molecular weight is 306 g/mol. The molecule has 2 aromatic carbocycles. The van der Waals surface area contributed by atoms with Gasteiger partial charge in [-0.25, -0.2) is 0 Å². The second-order valence-electron chi connectivity index (χ2n) is 4.40. The summed E-state index contributed by atoms with van der Waals surface area (Å²) in [5.74, 6) is 0.223. The first-order valence-electron chi connectivity index (χ1n) is 6.38. The van der Waals surface area contributed by atoms with E-state index in [1.54, 1.807) is 42.5 Å². The van der Waals surface area contributed by atoms with Crippen molar-refractivity contribution in [3.05, 3.63) is 53.1 Å². The lowest BCUT2D eigenvalue weighted by atomic mass is 10.1. The van der Waals surface area contributed by atoms with Gasteiger partial charge in [0.25, 0.3) is 5.91 Å². The number of nitrogens with one attached hydrogen (secondary N) is 1. The Balaban J connectivity index is 1.90. The van der Waals surface area contributed by atoms with Gasteiger partial charge in [0.05, 0.1) is 5.56 Å². The van der Waals surface area contributed by atoms with Crippen LogP contribution in [0.4, 0.5) is 11.4 Å². The van der Waals surface area contributed by atoms with E-state index < -0.39 is 5.91 Å². The summed E-state index contributed by atoms with van der Waals surface area (Å²) in [6.45, 7) is 0.930. The predicted octanol–water partition coefficient (Wildman–Crippen LogP) is 2.51. The monoisotopic (exact) mass is 305 g/mol. The zero-order chi connectivity index (χ0) is 15.2. The summed E-state index contributed by atoms with van der Waals surface area (Å²) in [7, 11) is 0. The molecule has 0 heterocycles. The van der Waals surface area contributed by atoms with Crippen LogP contribution in [0.3, 0.4) is 0 Å². The van der Waals surface area contributed by atoms with Crippen molar-refractivity contribution in [3.8, 4) is 5.75 Å². The van der Waals surface area contributed by atoms with Gasteiger partial charge in [-0.2, -0.15) is 0 Å². The molecule has 0 aromatic heterocycles. The lowest BCUT2D eigenvalue weighted by Gasteiger charge is -2.11. The highest BCUT2D eigenvalue weighted by Crippen LogP contribution is 2.20. The van der Waals surface area contributed by atoms with Gasteiger partial charge in [-0.3, -0.25) is 4.79 Å². The Hall–Kier alpha value is -2.40. The van der Waals surface area contributed by atoms with Crippen molar-refractivity contribution in [1.82, 2.24) is 0 Å². The van der Waals surface area contributed by atoms with Gasteiger partial charge in [0.1, 0.15) is 12.4 Å². The van der Waals surface area contributed by atoms with Crippen LogP contribution in [0.1, 0.15) is 10.4 Å². The molecule has 0 aliphatic carbocycles. The Bertz CT molecular complexity index is 629. The largest absolute Gasteiger partial charge is 0.492 e. The first kappa shape index (κ1) is 15.0. The van der Waals surface area contributed by atoms with Crippen LogP contribution in [0, 0.1) is 0 Å². The van der Waals surface area contributed by atoms with E-state index in [1.807, 2.05) is 0 Å². The smallest absolute Gasteiger partial charge is 0.250 e. The van der Waals surface area contributed by atoms with Crippen LogP contribution < -0.4 is 21.5 Å². The number of amides is 1. The zero-order valence-corrected chi connectivity index (χ0v) is 12.1. The molecule has 0 atom stereocenters. The first-order valence-corrected chi connectivity index (χ1v) is 6.75. The molecule has 0 aliphatic heterocycles. The van der Waals surface area contributed by atoms with E-state index in [9.17, 15) is 4.79 Å². The van der Waals surface area contributed by atoms with Gasteiger partial charge in [-0.15, -0.1) is 0 Å². The average Bonchev–Trinajstić information content (AvgIpc) is 2.45. The van der Waals surface area contributed by atoms with Gasteiger partial charge in [0, 0.05) is 22.9 Å². The molecule has 21 heavy (non-hydrogen) atoms. The number of ether oxygens (including phenoxy) is 1. The second-order valence-corrected chi connectivity index (χ2v) is 4.83. The molecule has 0 fully saturated rings. The molecule has 1 amide bonds. The Morgan fingerprint density at radius 2 is 1.90 bits per heavy atom. The topological polar surface area (TPSA) is 90.4 Å². The van der Waals surface area contributed by atoms with Gasteiger partial charge >= 0.3 is 0 Å². The Morgan fingerprint density at radius 3 is 2.57 bits per heavy atom. The molecule has 6 heteroatoms. The number of primary amides is 1. The van der Waals surface area contributed by atoms with E-state index in [2.05, 4.69) is 5.32 Å². The zero-order valence-electron chi connectivity index (χ0n) is 11.3. The number of halogens is 1. The summed E-state index contributed by atoms with van der Waals surface area (Å²) in [6, 6.07) is 12.0. The summed E-state index contributed by atoms with van der Waals surface area (Å²) in [5.41, 5.74) is 12.6. The van der Waals surface area contributed by atoms with E-state index in [0.717, 1.165) is 5.75 Å². The minimum atomic E-state index is -0.506. The first-order chi connectivity index (χ1) is 10.1. The van der Waals surface area contributed by atoms with Crippen molar-refractivity contribution < 1.29 is 9.53 Å². The quantitative estimate of drug-likeness (QED) is 0.565. The number of hydrogen-bond acceptors (Lipinski definition) is 4. The minimum absolute atomic E-state index is 0.395. The van der Waals surface area contributed by atoms with E-state index in [4.69, 9.17) is 27.8 Å². The number of rotatable bonds is 6. The van der Waals surface area contributed by atoms with Crippen molar-refractivity contribution in [3.63, 3.8) is 0 Å². The summed E-state index contributed by atoms with van der Waals surface area (Å²) in [6.07, 6.45) is 0. The fourth-order valence-corrected chi connectivity index (χ4v) is 1.97. The molecule has 0 bridgehead atoms. The van der Waals surface area contributed by atoms with Crippen LogP contribution in [-0.2, 0) is 0 Å². The van der Waals surface area contributed by atoms with Crippen molar-refractivity contribution in [2.45, 2.75) is 0 Å². The van der Waals surface area contributed by atoms with E-state index in [0.29, 0.717) is 35.1 Å². The Labute approximate surface area is 127 Å². The number of benzene rings is 2. The molecule has 5 nitrogen and oxygen atoms in total. The molecule has 0 aliphatic rings.